The minimum atomic E-state index is -0.737. The van der Waals surface area contributed by atoms with Crippen LogP contribution in [0.5, 0.6) is 0 Å². The van der Waals surface area contributed by atoms with Gasteiger partial charge in [0, 0.05) is 7.05 Å². The van der Waals surface area contributed by atoms with Gasteiger partial charge in [-0.2, -0.15) is 10.2 Å². The van der Waals surface area contributed by atoms with E-state index < -0.39 is 10.2 Å². The number of nitrogens with one attached hydrogen (secondary N) is 1. The molecular weight excluding hydrogens is 146 g/mol. The lowest BCUT2D eigenvalue weighted by atomic mass is 11.0. The summed E-state index contributed by atoms with van der Waals surface area (Å²) in [6.45, 7) is 2.14. The van der Waals surface area contributed by atoms with Gasteiger partial charge in [0.05, 0.1) is 0 Å². The highest BCUT2D eigenvalue weighted by Gasteiger charge is 2.07. The van der Waals surface area contributed by atoms with Crippen molar-refractivity contribution in [2.24, 2.45) is 10.7 Å². The molecule has 0 aliphatic rings. The predicted molar refractivity (Wildman–Crippen MR) is 50.7 cm³/mol. The molecule has 0 radical (unpaired) electrons. The third-order valence-corrected chi connectivity index (χ3v) is 3.55. The predicted octanol–water partition coefficient (Wildman–Crippen LogP) is 0.520. The fourth-order valence-electron chi connectivity index (χ4n) is 0.401. The molecule has 0 rings (SSSR count). The Morgan fingerprint density at radius 1 is 1.60 bits per heavy atom. The van der Waals surface area contributed by atoms with Gasteiger partial charge in [0.1, 0.15) is 0 Å². The Balaban J connectivity index is 3.88. The first-order valence-corrected chi connectivity index (χ1v) is 5.84. The van der Waals surface area contributed by atoms with Crippen molar-refractivity contribution in [1.29, 1.82) is 0 Å². The normalized spacial score (nSPS) is 15.0. The topological polar surface area (TPSA) is 50.4 Å². The van der Waals surface area contributed by atoms with Crippen LogP contribution in [-0.2, 0) is 0 Å². The van der Waals surface area contributed by atoms with Crippen molar-refractivity contribution in [3.05, 3.63) is 0 Å². The highest BCUT2D eigenvalue weighted by molar-refractivity contribution is 8.31. The molecule has 0 aromatic heterocycles. The Morgan fingerprint density at radius 2 is 2.10 bits per heavy atom. The molecule has 0 fully saturated rings. The van der Waals surface area contributed by atoms with Crippen molar-refractivity contribution in [3.8, 4) is 0 Å². The molecule has 0 bridgehead atoms. The summed E-state index contributed by atoms with van der Waals surface area (Å²) in [6, 6.07) is 0. The quantitative estimate of drug-likeness (QED) is 0.460. The summed E-state index contributed by atoms with van der Waals surface area (Å²) in [5.74, 6) is 1.66. The molecule has 0 unspecified atom stereocenters. The lowest BCUT2D eigenvalue weighted by molar-refractivity contribution is 1.28. The van der Waals surface area contributed by atoms with Gasteiger partial charge in [0.25, 0.3) is 0 Å². The Kier molecular flexibility index (Phi) is 3.57. The first-order chi connectivity index (χ1) is 4.52. The largest absolute Gasteiger partial charge is 0.369 e. The van der Waals surface area contributed by atoms with E-state index in [2.05, 4.69) is 29.1 Å². The molecule has 0 saturated carbocycles. The van der Waals surface area contributed by atoms with E-state index in [1.165, 1.54) is 0 Å². The standard InChI is InChI=1S/C6H17N3S/c1-5-10(3,4)9-6(7)8-2/h5H2,1-4H3,(H3,7,8,9). The number of rotatable bonds is 2. The molecule has 62 valence electrons. The van der Waals surface area contributed by atoms with Gasteiger partial charge in [-0.15, -0.1) is 0 Å². The first kappa shape index (κ1) is 9.62. The monoisotopic (exact) mass is 163 g/mol. The van der Waals surface area contributed by atoms with Crippen LogP contribution >= 0.6 is 10.2 Å². The van der Waals surface area contributed by atoms with E-state index in [0.29, 0.717) is 5.96 Å². The average Bonchev–Trinajstić information content (AvgIpc) is 1.87. The Labute approximate surface area is 64.5 Å². The molecule has 0 saturated heterocycles. The van der Waals surface area contributed by atoms with Crippen LogP contribution in [0.25, 0.3) is 0 Å². The Bertz CT molecular complexity index is 131. The van der Waals surface area contributed by atoms with Crippen LogP contribution in [0, 0.1) is 0 Å². The third-order valence-electron chi connectivity index (χ3n) is 1.34. The molecule has 0 aliphatic carbocycles. The van der Waals surface area contributed by atoms with Gasteiger partial charge >= 0.3 is 0 Å². The summed E-state index contributed by atoms with van der Waals surface area (Å²) in [4.78, 5) is 3.83. The molecule has 0 aromatic carbocycles. The van der Waals surface area contributed by atoms with E-state index in [1.54, 1.807) is 7.05 Å². The zero-order valence-corrected chi connectivity index (χ0v) is 7.96. The zero-order chi connectivity index (χ0) is 8.20. The van der Waals surface area contributed by atoms with Crippen LogP contribution < -0.4 is 10.5 Å². The molecule has 0 atom stereocenters. The molecule has 3 nitrogen and oxygen atoms in total. The van der Waals surface area contributed by atoms with E-state index in [9.17, 15) is 0 Å². The SMILES string of the molecule is CCS(C)(C)NC(N)=NC. The molecular formula is C6H17N3S. The molecule has 4 heteroatoms. The Hall–Kier alpha value is -0.380. The van der Waals surface area contributed by atoms with Crippen LogP contribution in [0.4, 0.5) is 0 Å². The number of hydrogen-bond donors (Lipinski definition) is 2. The second-order valence-electron chi connectivity index (χ2n) is 2.54. The van der Waals surface area contributed by atoms with Gasteiger partial charge in [-0.05, 0) is 18.3 Å². The Morgan fingerprint density at radius 3 is 2.40 bits per heavy atom. The summed E-state index contributed by atoms with van der Waals surface area (Å²) >= 11 is 0. The van der Waals surface area contributed by atoms with Gasteiger partial charge in [-0.3, -0.25) is 4.99 Å². The van der Waals surface area contributed by atoms with Gasteiger partial charge < -0.3 is 10.5 Å². The third kappa shape index (κ3) is 3.61. The van der Waals surface area contributed by atoms with Crippen LogP contribution in [-0.4, -0.2) is 31.3 Å². The van der Waals surface area contributed by atoms with Crippen molar-refractivity contribution in [2.75, 3.05) is 25.3 Å². The van der Waals surface area contributed by atoms with Crippen molar-refractivity contribution in [3.63, 3.8) is 0 Å². The highest BCUT2D eigenvalue weighted by Crippen LogP contribution is 2.32. The second-order valence-corrected chi connectivity index (χ2v) is 6.40. The van der Waals surface area contributed by atoms with E-state index >= 15 is 0 Å². The molecule has 0 aliphatic heterocycles. The van der Waals surface area contributed by atoms with E-state index in [-0.39, 0.29) is 0 Å². The lowest BCUT2D eigenvalue weighted by Crippen LogP contribution is -2.34. The summed E-state index contributed by atoms with van der Waals surface area (Å²) in [5, 5.41) is 0. The highest BCUT2D eigenvalue weighted by atomic mass is 32.3. The smallest absolute Gasteiger partial charge is 0.197 e. The maximum Gasteiger partial charge on any atom is 0.197 e. The van der Waals surface area contributed by atoms with E-state index in [0.717, 1.165) is 5.75 Å². The van der Waals surface area contributed by atoms with Crippen molar-refractivity contribution >= 4 is 16.2 Å². The summed E-state index contributed by atoms with van der Waals surface area (Å²) in [7, 11) is 0.951. The van der Waals surface area contributed by atoms with Crippen molar-refractivity contribution in [1.82, 2.24) is 4.72 Å². The maximum atomic E-state index is 5.49. The van der Waals surface area contributed by atoms with Crippen molar-refractivity contribution < 1.29 is 0 Å². The molecule has 3 N–H and O–H groups in total. The lowest BCUT2D eigenvalue weighted by Gasteiger charge is -2.30. The second kappa shape index (κ2) is 3.71. The number of guanidine groups is 1. The van der Waals surface area contributed by atoms with Crippen LogP contribution in [0.2, 0.25) is 0 Å². The van der Waals surface area contributed by atoms with Gasteiger partial charge in [-0.1, -0.05) is 6.92 Å². The number of nitrogens with zero attached hydrogens (tertiary/aromatic N) is 1. The van der Waals surface area contributed by atoms with Crippen LogP contribution in [0.15, 0.2) is 4.99 Å². The van der Waals surface area contributed by atoms with Crippen LogP contribution in [0.1, 0.15) is 6.92 Å². The molecule has 0 spiro atoms. The van der Waals surface area contributed by atoms with Gasteiger partial charge in [0.2, 0.25) is 0 Å². The average molecular weight is 163 g/mol. The molecule has 0 aromatic rings. The maximum absolute atomic E-state index is 5.49. The fourth-order valence-corrected chi connectivity index (χ4v) is 1.20. The van der Waals surface area contributed by atoms with E-state index in [4.69, 9.17) is 5.73 Å². The molecule has 10 heavy (non-hydrogen) atoms. The van der Waals surface area contributed by atoms with Gasteiger partial charge in [0.15, 0.2) is 5.96 Å². The molecule has 0 amide bonds. The minimum absolute atomic E-state index is 0.543. The number of hydrogen-bond acceptors (Lipinski definition) is 1. The first-order valence-electron chi connectivity index (χ1n) is 3.23. The van der Waals surface area contributed by atoms with Crippen LogP contribution in [0.3, 0.4) is 0 Å². The summed E-state index contributed by atoms with van der Waals surface area (Å²) in [5.41, 5.74) is 5.49. The minimum Gasteiger partial charge on any atom is -0.369 e. The van der Waals surface area contributed by atoms with E-state index in [1.807, 2.05) is 0 Å². The number of aliphatic imine (C=N–C) groups is 1. The summed E-state index contributed by atoms with van der Waals surface area (Å²) < 4.78 is 3.17. The molecule has 0 heterocycles. The van der Waals surface area contributed by atoms with Crippen molar-refractivity contribution in [2.45, 2.75) is 6.92 Å². The van der Waals surface area contributed by atoms with Gasteiger partial charge in [-0.25, -0.2) is 0 Å². The summed E-state index contributed by atoms with van der Waals surface area (Å²) in [6.07, 6.45) is 4.34. The number of nitrogens with two attached hydrogens (primary N) is 1. The zero-order valence-electron chi connectivity index (χ0n) is 7.14. The fraction of sp³-hybridized carbons (Fsp3) is 0.833.